The molecule has 0 aliphatic carbocycles. The fourth-order valence-electron chi connectivity index (χ4n) is 2.09. The first kappa shape index (κ1) is 15.1. The predicted molar refractivity (Wildman–Crippen MR) is 85.8 cm³/mol. The lowest BCUT2D eigenvalue weighted by Gasteiger charge is -2.01. The summed E-state index contributed by atoms with van der Waals surface area (Å²) in [7, 11) is 1.85. The Morgan fingerprint density at radius 1 is 1.00 bits per heavy atom. The van der Waals surface area contributed by atoms with Crippen molar-refractivity contribution in [1.29, 1.82) is 0 Å². The van der Waals surface area contributed by atoms with Gasteiger partial charge in [0.2, 0.25) is 0 Å². The Labute approximate surface area is 128 Å². The SMILES string of the molecule is CNc1cn(-c2ccccc2)nc1-c1ccc(F)cc1.Cl. The highest BCUT2D eigenvalue weighted by Crippen LogP contribution is 2.27. The molecule has 0 amide bonds. The van der Waals surface area contributed by atoms with Gasteiger partial charge in [0.05, 0.1) is 17.6 Å². The number of para-hydroxylation sites is 1. The van der Waals surface area contributed by atoms with E-state index < -0.39 is 0 Å². The Kier molecular flexibility index (Phi) is 4.60. The van der Waals surface area contributed by atoms with Crippen LogP contribution in [0.2, 0.25) is 0 Å². The Morgan fingerprint density at radius 2 is 1.67 bits per heavy atom. The normalized spacial score (nSPS) is 10.0. The average molecular weight is 304 g/mol. The van der Waals surface area contributed by atoms with Crippen molar-refractivity contribution in [1.82, 2.24) is 9.78 Å². The van der Waals surface area contributed by atoms with Gasteiger partial charge in [-0.1, -0.05) is 18.2 Å². The van der Waals surface area contributed by atoms with Crippen LogP contribution in [0, 0.1) is 5.82 Å². The number of halogens is 2. The van der Waals surface area contributed by atoms with E-state index in [2.05, 4.69) is 10.4 Å². The Morgan fingerprint density at radius 3 is 2.29 bits per heavy atom. The summed E-state index contributed by atoms with van der Waals surface area (Å²) in [5.74, 6) is -0.248. The lowest BCUT2D eigenvalue weighted by molar-refractivity contribution is 0.628. The maximum absolute atomic E-state index is 13.0. The Hall–Kier alpha value is -2.33. The number of anilines is 1. The Bertz CT molecular complexity index is 708. The van der Waals surface area contributed by atoms with Crippen molar-refractivity contribution in [2.45, 2.75) is 0 Å². The van der Waals surface area contributed by atoms with Gasteiger partial charge in [0, 0.05) is 12.6 Å². The van der Waals surface area contributed by atoms with Gasteiger partial charge < -0.3 is 5.32 Å². The second-order valence-corrected chi connectivity index (χ2v) is 4.43. The summed E-state index contributed by atoms with van der Waals surface area (Å²) in [5, 5.41) is 7.70. The fourth-order valence-corrected chi connectivity index (χ4v) is 2.09. The van der Waals surface area contributed by atoms with Gasteiger partial charge in [-0.25, -0.2) is 9.07 Å². The number of benzene rings is 2. The van der Waals surface area contributed by atoms with Crippen LogP contribution >= 0.6 is 12.4 Å². The zero-order valence-electron chi connectivity index (χ0n) is 11.5. The molecular formula is C16H15ClFN3. The van der Waals surface area contributed by atoms with Crippen LogP contribution in [0.4, 0.5) is 10.1 Å². The first-order chi connectivity index (χ1) is 9.78. The zero-order chi connectivity index (χ0) is 13.9. The molecule has 0 radical (unpaired) electrons. The van der Waals surface area contributed by atoms with E-state index in [0.29, 0.717) is 0 Å². The number of nitrogens with one attached hydrogen (secondary N) is 1. The molecule has 108 valence electrons. The lowest BCUT2D eigenvalue weighted by atomic mass is 10.1. The van der Waals surface area contributed by atoms with Gasteiger partial charge in [-0.3, -0.25) is 0 Å². The van der Waals surface area contributed by atoms with Gasteiger partial charge in [-0.05, 0) is 36.4 Å². The summed E-state index contributed by atoms with van der Waals surface area (Å²) >= 11 is 0. The zero-order valence-corrected chi connectivity index (χ0v) is 12.3. The van der Waals surface area contributed by atoms with Gasteiger partial charge in [0.1, 0.15) is 11.5 Å². The van der Waals surface area contributed by atoms with Crippen LogP contribution in [0.15, 0.2) is 60.8 Å². The van der Waals surface area contributed by atoms with E-state index in [1.165, 1.54) is 12.1 Å². The van der Waals surface area contributed by atoms with Crippen molar-refractivity contribution < 1.29 is 4.39 Å². The molecule has 0 fully saturated rings. The van der Waals surface area contributed by atoms with Crippen LogP contribution in [0.3, 0.4) is 0 Å². The number of hydrogen-bond acceptors (Lipinski definition) is 2. The molecule has 0 unspecified atom stereocenters. The molecule has 2 aromatic carbocycles. The summed E-state index contributed by atoms with van der Waals surface area (Å²) in [6.45, 7) is 0. The molecule has 3 aromatic rings. The van der Waals surface area contributed by atoms with Crippen LogP contribution in [-0.4, -0.2) is 16.8 Å². The first-order valence-corrected chi connectivity index (χ1v) is 6.37. The summed E-state index contributed by atoms with van der Waals surface area (Å²) < 4.78 is 14.8. The number of nitrogens with zero attached hydrogens (tertiary/aromatic N) is 2. The van der Waals surface area contributed by atoms with Crippen molar-refractivity contribution in [3.63, 3.8) is 0 Å². The molecule has 1 aromatic heterocycles. The molecular weight excluding hydrogens is 289 g/mol. The standard InChI is InChI=1S/C16H14FN3.ClH/c1-18-15-11-20(14-5-3-2-4-6-14)19-16(15)12-7-9-13(17)10-8-12;/h2-11,18H,1H3;1H. The number of hydrogen-bond donors (Lipinski definition) is 1. The van der Waals surface area contributed by atoms with Crippen LogP contribution < -0.4 is 5.32 Å². The van der Waals surface area contributed by atoms with E-state index >= 15 is 0 Å². The molecule has 0 aliphatic rings. The smallest absolute Gasteiger partial charge is 0.123 e. The van der Waals surface area contributed by atoms with E-state index in [1.807, 2.05) is 48.3 Å². The molecule has 0 aliphatic heterocycles. The topological polar surface area (TPSA) is 29.9 Å². The largest absolute Gasteiger partial charge is 0.385 e. The third-order valence-electron chi connectivity index (χ3n) is 3.12. The maximum Gasteiger partial charge on any atom is 0.123 e. The van der Waals surface area contributed by atoms with E-state index in [1.54, 1.807) is 12.1 Å². The molecule has 0 spiro atoms. The quantitative estimate of drug-likeness (QED) is 0.788. The molecule has 0 saturated heterocycles. The summed E-state index contributed by atoms with van der Waals surface area (Å²) in [6.07, 6.45) is 1.92. The third-order valence-corrected chi connectivity index (χ3v) is 3.12. The van der Waals surface area contributed by atoms with E-state index in [9.17, 15) is 4.39 Å². The first-order valence-electron chi connectivity index (χ1n) is 6.37. The van der Waals surface area contributed by atoms with Crippen molar-refractivity contribution in [2.75, 3.05) is 12.4 Å². The molecule has 0 saturated carbocycles. The summed E-state index contributed by atoms with van der Waals surface area (Å²) in [5.41, 5.74) is 3.57. The number of aromatic nitrogens is 2. The maximum atomic E-state index is 13.0. The van der Waals surface area contributed by atoms with Crippen molar-refractivity contribution in [2.24, 2.45) is 0 Å². The van der Waals surface area contributed by atoms with Crippen LogP contribution in [0.1, 0.15) is 0 Å². The van der Waals surface area contributed by atoms with Crippen molar-refractivity contribution in [3.05, 3.63) is 66.6 Å². The van der Waals surface area contributed by atoms with Gasteiger partial charge >= 0.3 is 0 Å². The van der Waals surface area contributed by atoms with Gasteiger partial charge in [0.25, 0.3) is 0 Å². The highest BCUT2D eigenvalue weighted by Gasteiger charge is 2.11. The molecule has 5 heteroatoms. The van der Waals surface area contributed by atoms with Crippen molar-refractivity contribution >= 4 is 18.1 Å². The Balaban J connectivity index is 0.00000161. The minimum absolute atomic E-state index is 0. The van der Waals surface area contributed by atoms with Gasteiger partial charge in [0.15, 0.2) is 0 Å². The molecule has 21 heavy (non-hydrogen) atoms. The minimum atomic E-state index is -0.248. The highest BCUT2D eigenvalue weighted by atomic mass is 35.5. The predicted octanol–water partition coefficient (Wildman–Crippen LogP) is 4.14. The van der Waals surface area contributed by atoms with Gasteiger partial charge in [-0.15, -0.1) is 12.4 Å². The van der Waals surface area contributed by atoms with Crippen LogP contribution in [-0.2, 0) is 0 Å². The second kappa shape index (κ2) is 6.41. The molecule has 1 N–H and O–H groups in total. The lowest BCUT2D eigenvalue weighted by Crippen LogP contribution is -1.94. The average Bonchev–Trinajstić information content (AvgIpc) is 2.93. The van der Waals surface area contributed by atoms with Crippen LogP contribution in [0.25, 0.3) is 16.9 Å². The summed E-state index contributed by atoms with van der Waals surface area (Å²) in [6, 6.07) is 16.2. The monoisotopic (exact) mass is 303 g/mol. The minimum Gasteiger partial charge on any atom is -0.385 e. The third kappa shape index (κ3) is 3.06. The van der Waals surface area contributed by atoms with E-state index in [4.69, 9.17) is 0 Å². The van der Waals surface area contributed by atoms with Gasteiger partial charge in [-0.2, -0.15) is 5.10 Å². The van der Waals surface area contributed by atoms with E-state index in [-0.39, 0.29) is 18.2 Å². The highest BCUT2D eigenvalue weighted by molar-refractivity contribution is 5.85. The van der Waals surface area contributed by atoms with Crippen molar-refractivity contribution in [3.8, 4) is 16.9 Å². The molecule has 3 rings (SSSR count). The number of rotatable bonds is 3. The molecule has 3 nitrogen and oxygen atoms in total. The van der Waals surface area contributed by atoms with E-state index in [0.717, 1.165) is 22.6 Å². The van der Waals surface area contributed by atoms with Crippen LogP contribution in [0.5, 0.6) is 0 Å². The second-order valence-electron chi connectivity index (χ2n) is 4.43. The summed E-state index contributed by atoms with van der Waals surface area (Å²) in [4.78, 5) is 0. The molecule has 1 heterocycles. The molecule has 0 bridgehead atoms. The fraction of sp³-hybridized carbons (Fsp3) is 0.0625. The molecule has 0 atom stereocenters.